The highest BCUT2D eigenvalue weighted by Gasteiger charge is 2.23. The maximum absolute atomic E-state index is 12.9. The molecule has 0 bridgehead atoms. The lowest BCUT2D eigenvalue weighted by molar-refractivity contribution is -0.150. The van der Waals surface area contributed by atoms with Crippen LogP contribution in [0.25, 0.3) is 5.69 Å². The summed E-state index contributed by atoms with van der Waals surface area (Å²) < 4.78 is 13.1. The van der Waals surface area contributed by atoms with Gasteiger partial charge in [0.25, 0.3) is 11.5 Å². The summed E-state index contributed by atoms with van der Waals surface area (Å²) in [6.07, 6.45) is -1.13. The van der Waals surface area contributed by atoms with E-state index in [-0.39, 0.29) is 23.1 Å². The van der Waals surface area contributed by atoms with Crippen LogP contribution in [0.15, 0.2) is 45.7 Å². The average Bonchev–Trinajstić information content (AvgIpc) is 3.29. The van der Waals surface area contributed by atoms with Crippen molar-refractivity contribution in [2.24, 2.45) is 7.05 Å². The standard InChI is InChI=1S/C22H25N5O6S/c1-13-10-17(25-33-13)23-18(28)11-34-12-19(29)32-15(3)21(30)24-20-14(2)26(4)27(22(20)31)16-8-6-5-7-9-16/h5-10,15H,11-12H2,1-4H3,(H,24,30)(H,23,25,28). The molecule has 1 unspecified atom stereocenters. The molecule has 180 valence electrons. The number of para-hydroxylation sites is 1. The highest BCUT2D eigenvalue weighted by molar-refractivity contribution is 8.00. The SMILES string of the molecule is Cc1cc(NC(=O)CSCC(=O)OC(C)C(=O)Nc2c(C)n(C)n(-c3ccccc3)c2=O)no1. The smallest absolute Gasteiger partial charge is 0.316 e. The molecule has 12 heteroatoms. The van der Waals surface area contributed by atoms with Crippen molar-refractivity contribution < 1.29 is 23.6 Å². The molecule has 3 rings (SSSR count). The second kappa shape index (κ2) is 10.9. The number of aromatic nitrogens is 3. The van der Waals surface area contributed by atoms with Gasteiger partial charge < -0.3 is 19.9 Å². The number of anilines is 2. The fourth-order valence-electron chi connectivity index (χ4n) is 3.05. The van der Waals surface area contributed by atoms with Crippen LogP contribution in [0.5, 0.6) is 0 Å². The van der Waals surface area contributed by atoms with Gasteiger partial charge in [-0.15, -0.1) is 11.8 Å². The lowest BCUT2D eigenvalue weighted by atomic mass is 10.3. The number of ether oxygens (including phenoxy) is 1. The van der Waals surface area contributed by atoms with Crippen LogP contribution >= 0.6 is 11.8 Å². The van der Waals surface area contributed by atoms with Crippen LogP contribution in [0.1, 0.15) is 18.4 Å². The van der Waals surface area contributed by atoms with Crippen molar-refractivity contribution in [1.29, 1.82) is 0 Å². The van der Waals surface area contributed by atoms with Crippen molar-refractivity contribution in [3.05, 3.63) is 58.2 Å². The van der Waals surface area contributed by atoms with Gasteiger partial charge >= 0.3 is 5.97 Å². The number of rotatable bonds is 9. The van der Waals surface area contributed by atoms with Crippen LogP contribution < -0.4 is 16.2 Å². The summed E-state index contributed by atoms with van der Waals surface area (Å²) in [5, 5.41) is 8.75. The Hall–Kier alpha value is -3.80. The van der Waals surface area contributed by atoms with E-state index in [2.05, 4.69) is 15.8 Å². The number of carbonyl (C=O) groups is 3. The first kappa shape index (κ1) is 24.8. The number of thioether (sulfide) groups is 1. The fraction of sp³-hybridized carbons (Fsp3) is 0.318. The van der Waals surface area contributed by atoms with Gasteiger partial charge in [-0.3, -0.25) is 23.9 Å². The van der Waals surface area contributed by atoms with Gasteiger partial charge in [-0.2, -0.15) is 0 Å². The number of hydrogen-bond acceptors (Lipinski definition) is 8. The van der Waals surface area contributed by atoms with Crippen LogP contribution in [-0.2, 0) is 26.2 Å². The number of nitrogens with zero attached hydrogens (tertiary/aromatic N) is 3. The van der Waals surface area contributed by atoms with Gasteiger partial charge in [0.05, 0.1) is 22.9 Å². The Morgan fingerprint density at radius 2 is 1.85 bits per heavy atom. The number of nitrogens with one attached hydrogen (secondary N) is 2. The van der Waals surface area contributed by atoms with Crippen molar-refractivity contribution in [2.75, 3.05) is 22.1 Å². The van der Waals surface area contributed by atoms with Gasteiger partial charge in [0.2, 0.25) is 5.91 Å². The van der Waals surface area contributed by atoms with Gasteiger partial charge in [0, 0.05) is 13.1 Å². The number of aryl methyl sites for hydroxylation is 1. The van der Waals surface area contributed by atoms with Crippen LogP contribution in [0.2, 0.25) is 0 Å². The molecule has 11 nitrogen and oxygen atoms in total. The summed E-state index contributed by atoms with van der Waals surface area (Å²) in [5.74, 6) is -0.946. The molecule has 0 fully saturated rings. The molecule has 1 aromatic carbocycles. The summed E-state index contributed by atoms with van der Waals surface area (Å²) in [7, 11) is 1.71. The summed E-state index contributed by atoms with van der Waals surface area (Å²) in [6, 6.07) is 10.6. The van der Waals surface area contributed by atoms with E-state index in [0.29, 0.717) is 23.0 Å². The van der Waals surface area contributed by atoms with E-state index in [0.717, 1.165) is 11.8 Å². The minimum absolute atomic E-state index is 0.0101. The minimum Gasteiger partial charge on any atom is -0.452 e. The minimum atomic E-state index is -1.13. The van der Waals surface area contributed by atoms with Crippen LogP contribution in [0.4, 0.5) is 11.5 Å². The van der Waals surface area contributed by atoms with Crippen LogP contribution in [-0.4, -0.2) is 49.9 Å². The largest absolute Gasteiger partial charge is 0.452 e. The molecule has 34 heavy (non-hydrogen) atoms. The molecule has 0 aliphatic carbocycles. The van der Waals surface area contributed by atoms with E-state index in [1.165, 1.54) is 11.6 Å². The number of benzene rings is 1. The van der Waals surface area contributed by atoms with Gasteiger partial charge in [0.1, 0.15) is 11.4 Å². The van der Waals surface area contributed by atoms with E-state index in [1.807, 2.05) is 6.07 Å². The third-order valence-corrected chi connectivity index (χ3v) is 5.73. The fourth-order valence-corrected chi connectivity index (χ4v) is 3.65. The van der Waals surface area contributed by atoms with Crippen molar-refractivity contribution >= 4 is 41.1 Å². The molecule has 0 saturated carbocycles. The van der Waals surface area contributed by atoms with Crippen molar-refractivity contribution in [1.82, 2.24) is 14.5 Å². The van der Waals surface area contributed by atoms with E-state index in [4.69, 9.17) is 9.26 Å². The Morgan fingerprint density at radius 1 is 1.15 bits per heavy atom. The zero-order valence-corrected chi connectivity index (χ0v) is 20.0. The van der Waals surface area contributed by atoms with E-state index < -0.39 is 23.5 Å². The van der Waals surface area contributed by atoms with Crippen molar-refractivity contribution in [3.8, 4) is 5.69 Å². The molecule has 2 N–H and O–H groups in total. The second-order valence-corrected chi connectivity index (χ2v) is 8.41. The molecule has 2 aromatic heterocycles. The Balaban J connectivity index is 1.51. The molecule has 0 aliphatic rings. The summed E-state index contributed by atoms with van der Waals surface area (Å²) >= 11 is 1.03. The van der Waals surface area contributed by atoms with Gasteiger partial charge in [-0.05, 0) is 32.9 Å². The summed E-state index contributed by atoms with van der Waals surface area (Å²) in [4.78, 5) is 49.4. The van der Waals surface area contributed by atoms with E-state index >= 15 is 0 Å². The first-order chi connectivity index (χ1) is 16.2. The third-order valence-electron chi connectivity index (χ3n) is 4.83. The summed E-state index contributed by atoms with van der Waals surface area (Å²) in [6.45, 7) is 4.81. The van der Waals surface area contributed by atoms with Crippen LogP contribution in [0.3, 0.4) is 0 Å². The quantitative estimate of drug-likeness (QED) is 0.437. The topological polar surface area (TPSA) is 137 Å². The Labute approximate surface area is 199 Å². The zero-order chi connectivity index (χ0) is 24.8. The summed E-state index contributed by atoms with van der Waals surface area (Å²) in [5.41, 5.74) is 0.901. The zero-order valence-electron chi connectivity index (χ0n) is 19.2. The Kier molecular flexibility index (Phi) is 7.95. The molecular formula is C22H25N5O6S. The van der Waals surface area contributed by atoms with E-state index in [9.17, 15) is 19.2 Å². The number of amides is 2. The lowest BCUT2D eigenvalue weighted by Gasteiger charge is -2.12. The van der Waals surface area contributed by atoms with Gasteiger partial charge in [0.15, 0.2) is 11.9 Å². The number of carbonyl (C=O) groups excluding carboxylic acids is 3. The molecule has 0 aliphatic heterocycles. The molecule has 1 atom stereocenters. The molecule has 2 amide bonds. The average molecular weight is 488 g/mol. The first-order valence-electron chi connectivity index (χ1n) is 10.3. The third kappa shape index (κ3) is 5.95. The monoisotopic (exact) mass is 487 g/mol. The lowest BCUT2D eigenvalue weighted by Crippen LogP contribution is -2.32. The predicted octanol–water partition coefficient (Wildman–Crippen LogP) is 2.02. The molecule has 0 saturated heterocycles. The number of esters is 1. The highest BCUT2D eigenvalue weighted by atomic mass is 32.2. The second-order valence-electron chi connectivity index (χ2n) is 7.42. The molecule has 0 radical (unpaired) electrons. The Bertz CT molecular complexity index is 1250. The molecule has 0 spiro atoms. The Morgan fingerprint density at radius 3 is 2.50 bits per heavy atom. The molecule has 3 aromatic rings. The highest BCUT2D eigenvalue weighted by Crippen LogP contribution is 2.15. The van der Waals surface area contributed by atoms with Crippen LogP contribution in [0, 0.1) is 13.8 Å². The number of hydrogen-bond donors (Lipinski definition) is 2. The van der Waals surface area contributed by atoms with E-state index in [1.54, 1.807) is 55.9 Å². The normalized spacial score (nSPS) is 11.6. The maximum Gasteiger partial charge on any atom is 0.316 e. The van der Waals surface area contributed by atoms with Crippen molar-refractivity contribution in [2.45, 2.75) is 26.9 Å². The van der Waals surface area contributed by atoms with Crippen molar-refractivity contribution in [3.63, 3.8) is 0 Å². The van der Waals surface area contributed by atoms with Gasteiger partial charge in [-0.25, -0.2) is 4.68 Å². The first-order valence-corrected chi connectivity index (χ1v) is 11.5. The molecule has 2 heterocycles. The predicted molar refractivity (Wildman–Crippen MR) is 127 cm³/mol. The maximum atomic E-state index is 12.9. The van der Waals surface area contributed by atoms with Gasteiger partial charge in [-0.1, -0.05) is 23.4 Å². The molecular weight excluding hydrogens is 462 g/mol.